The van der Waals surface area contributed by atoms with E-state index in [0.29, 0.717) is 16.6 Å². The van der Waals surface area contributed by atoms with Gasteiger partial charge in [0.15, 0.2) is 0 Å². The average molecular weight is 278 g/mol. The van der Waals surface area contributed by atoms with E-state index in [9.17, 15) is 9.90 Å². The first-order valence-electron chi connectivity index (χ1n) is 6.60. The largest absolute Gasteiger partial charge is 0.478 e. The number of rotatable bonds is 3. The molecule has 0 saturated carbocycles. The summed E-state index contributed by atoms with van der Waals surface area (Å²) >= 11 is 0. The van der Waals surface area contributed by atoms with E-state index in [-0.39, 0.29) is 5.56 Å². The normalized spacial score (nSPS) is 10.5. The number of hydrogen-bond donors (Lipinski definition) is 2. The molecule has 4 heteroatoms. The number of nitrogens with one attached hydrogen (secondary N) is 1. The number of nitrogens with zero attached hydrogens (tertiary/aromatic N) is 1. The van der Waals surface area contributed by atoms with Crippen molar-refractivity contribution in [3.8, 4) is 11.3 Å². The quantitative estimate of drug-likeness (QED) is 0.767. The summed E-state index contributed by atoms with van der Waals surface area (Å²) < 4.78 is 0. The van der Waals surface area contributed by atoms with Crippen LogP contribution in [0.5, 0.6) is 0 Å². The van der Waals surface area contributed by atoms with Gasteiger partial charge in [-0.05, 0) is 24.3 Å². The molecule has 0 aliphatic heterocycles. The first kappa shape index (κ1) is 13.1. The number of aromatic carboxylic acids is 1. The zero-order valence-corrected chi connectivity index (χ0v) is 11.5. The van der Waals surface area contributed by atoms with Gasteiger partial charge in [0.05, 0.1) is 16.8 Å². The van der Waals surface area contributed by atoms with Crippen LogP contribution >= 0.6 is 0 Å². The van der Waals surface area contributed by atoms with Crippen molar-refractivity contribution in [3.05, 3.63) is 60.2 Å². The Morgan fingerprint density at radius 2 is 1.81 bits per heavy atom. The summed E-state index contributed by atoms with van der Waals surface area (Å²) in [5, 5.41) is 13.1. The Balaban J connectivity index is 2.20. The van der Waals surface area contributed by atoms with Gasteiger partial charge in [0.25, 0.3) is 0 Å². The van der Waals surface area contributed by atoms with Crippen LogP contribution < -0.4 is 5.32 Å². The van der Waals surface area contributed by atoms with Crippen LogP contribution in [-0.4, -0.2) is 23.1 Å². The maximum absolute atomic E-state index is 11.5. The number of carboxylic acid groups (broad SMARTS) is 1. The van der Waals surface area contributed by atoms with Crippen molar-refractivity contribution in [2.45, 2.75) is 0 Å². The molecule has 0 unspecified atom stereocenters. The van der Waals surface area contributed by atoms with Crippen LogP contribution in [0.4, 0.5) is 5.69 Å². The van der Waals surface area contributed by atoms with Crippen LogP contribution in [0.15, 0.2) is 54.6 Å². The fourth-order valence-electron chi connectivity index (χ4n) is 2.31. The molecule has 0 aliphatic carbocycles. The molecular weight excluding hydrogens is 264 g/mol. The van der Waals surface area contributed by atoms with Crippen molar-refractivity contribution in [2.24, 2.45) is 0 Å². The van der Waals surface area contributed by atoms with E-state index in [0.717, 1.165) is 11.3 Å². The maximum Gasteiger partial charge on any atom is 0.336 e. The smallest absolute Gasteiger partial charge is 0.336 e. The lowest BCUT2D eigenvalue weighted by molar-refractivity contribution is 0.0699. The number of fused-ring (bicyclic) bond motifs is 1. The SMILES string of the molecule is CNc1ccc(-c2cc(C(=O)O)c3ccccc3n2)cc1. The van der Waals surface area contributed by atoms with Crippen LogP contribution in [-0.2, 0) is 0 Å². The maximum atomic E-state index is 11.5. The molecule has 0 aliphatic rings. The van der Waals surface area contributed by atoms with Crippen LogP contribution in [0.25, 0.3) is 22.2 Å². The number of anilines is 1. The fourth-order valence-corrected chi connectivity index (χ4v) is 2.31. The minimum atomic E-state index is -0.943. The Morgan fingerprint density at radius 3 is 2.48 bits per heavy atom. The molecule has 21 heavy (non-hydrogen) atoms. The molecule has 0 radical (unpaired) electrons. The van der Waals surface area contributed by atoms with E-state index in [2.05, 4.69) is 10.3 Å². The summed E-state index contributed by atoms with van der Waals surface area (Å²) in [6.07, 6.45) is 0. The van der Waals surface area contributed by atoms with Gasteiger partial charge in [-0.2, -0.15) is 0 Å². The topological polar surface area (TPSA) is 62.2 Å². The van der Waals surface area contributed by atoms with Crippen LogP contribution in [0.3, 0.4) is 0 Å². The zero-order valence-electron chi connectivity index (χ0n) is 11.5. The molecule has 2 N–H and O–H groups in total. The lowest BCUT2D eigenvalue weighted by atomic mass is 10.0. The Labute approximate surface area is 122 Å². The standard InChI is InChI=1S/C17H14N2O2/c1-18-12-8-6-11(7-9-12)16-10-14(17(20)21)13-4-2-3-5-15(13)19-16/h2-10,18H,1H3,(H,20,21). The van der Waals surface area contributed by atoms with E-state index < -0.39 is 5.97 Å². The lowest BCUT2D eigenvalue weighted by Gasteiger charge is -2.08. The Hall–Kier alpha value is -2.88. The van der Waals surface area contributed by atoms with Crippen molar-refractivity contribution in [2.75, 3.05) is 12.4 Å². The van der Waals surface area contributed by atoms with E-state index in [1.807, 2.05) is 49.5 Å². The third-order valence-electron chi connectivity index (χ3n) is 3.42. The van der Waals surface area contributed by atoms with Crippen LogP contribution in [0.2, 0.25) is 0 Å². The van der Waals surface area contributed by atoms with Gasteiger partial charge in [0, 0.05) is 23.7 Å². The number of benzene rings is 2. The van der Waals surface area contributed by atoms with Crippen molar-refractivity contribution < 1.29 is 9.90 Å². The van der Waals surface area contributed by atoms with Crippen LogP contribution in [0, 0.1) is 0 Å². The molecular formula is C17H14N2O2. The molecule has 0 atom stereocenters. The molecule has 0 fully saturated rings. The summed E-state index contributed by atoms with van der Waals surface area (Å²) in [5.74, 6) is -0.943. The fraction of sp³-hybridized carbons (Fsp3) is 0.0588. The minimum absolute atomic E-state index is 0.272. The van der Waals surface area contributed by atoms with Crippen molar-refractivity contribution in [3.63, 3.8) is 0 Å². The van der Waals surface area contributed by atoms with Gasteiger partial charge in [-0.25, -0.2) is 9.78 Å². The highest BCUT2D eigenvalue weighted by Crippen LogP contribution is 2.25. The molecule has 0 bridgehead atoms. The number of aromatic nitrogens is 1. The highest BCUT2D eigenvalue weighted by molar-refractivity contribution is 6.03. The second-order valence-electron chi connectivity index (χ2n) is 4.70. The number of hydrogen-bond acceptors (Lipinski definition) is 3. The number of carboxylic acids is 1. The summed E-state index contributed by atoms with van der Waals surface area (Å²) in [4.78, 5) is 16.0. The molecule has 3 rings (SSSR count). The first-order chi connectivity index (χ1) is 10.2. The van der Waals surface area contributed by atoms with Gasteiger partial charge in [-0.1, -0.05) is 30.3 Å². The number of carbonyl (C=O) groups is 1. The van der Waals surface area contributed by atoms with Gasteiger partial charge in [0.1, 0.15) is 0 Å². The molecule has 0 saturated heterocycles. The third kappa shape index (κ3) is 2.43. The van der Waals surface area contributed by atoms with E-state index in [1.165, 1.54) is 0 Å². The summed E-state index contributed by atoms with van der Waals surface area (Å²) in [6, 6.07) is 16.6. The molecule has 104 valence electrons. The summed E-state index contributed by atoms with van der Waals surface area (Å²) in [5.41, 5.74) is 3.51. The summed E-state index contributed by atoms with van der Waals surface area (Å²) in [7, 11) is 1.85. The van der Waals surface area contributed by atoms with E-state index >= 15 is 0 Å². The predicted octanol–water partition coefficient (Wildman–Crippen LogP) is 3.64. The van der Waals surface area contributed by atoms with Gasteiger partial charge in [-0.3, -0.25) is 0 Å². The number of para-hydroxylation sites is 1. The van der Waals surface area contributed by atoms with Gasteiger partial charge < -0.3 is 10.4 Å². The Morgan fingerprint density at radius 1 is 1.10 bits per heavy atom. The van der Waals surface area contributed by atoms with Crippen LogP contribution in [0.1, 0.15) is 10.4 Å². The molecule has 0 spiro atoms. The molecule has 0 amide bonds. The van der Waals surface area contributed by atoms with Crippen molar-refractivity contribution >= 4 is 22.6 Å². The Bertz CT molecular complexity index is 811. The third-order valence-corrected chi connectivity index (χ3v) is 3.42. The van der Waals surface area contributed by atoms with Gasteiger partial charge in [-0.15, -0.1) is 0 Å². The second-order valence-corrected chi connectivity index (χ2v) is 4.70. The van der Waals surface area contributed by atoms with E-state index in [1.54, 1.807) is 12.1 Å². The highest BCUT2D eigenvalue weighted by Gasteiger charge is 2.12. The minimum Gasteiger partial charge on any atom is -0.478 e. The van der Waals surface area contributed by atoms with Crippen molar-refractivity contribution in [1.29, 1.82) is 0 Å². The number of pyridine rings is 1. The van der Waals surface area contributed by atoms with Gasteiger partial charge >= 0.3 is 5.97 Å². The van der Waals surface area contributed by atoms with Gasteiger partial charge in [0.2, 0.25) is 0 Å². The van der Waals surface area contributed by atoms with Crippen molar-refractivity contribution in [1.82, 2.24) is 4.98 Å². The highest BCUT2D eigenvalue weighted by atomic mass is 16.4. The molecule has 1 heterocycles. The average Bonchev–Trinajstić information content (AvgIpc) is 2.53. The molecule has 2 aromatic carbocycles. The summed E-state index contributed by atoms with van der Waals surface area (Å²) in [6.45, 7) is 0. The van der Waals surface area contributed by atoms with E-state index in [4.69, 9.17) is 0 Å². The molecule has 4 nitrogen and oxygen atoms in total. The molecule has 3 aromatic rings. The second kappa shape index (κ2) is 5.25. The first-order valence-corrected chi connectivity index (χ1v) is 6.60. The zero-order chi connectivity index (χ0) is 14.8. The monoisotopic (exact) mass is 278 g/mol. The molecule has 1 aromatic heterocycles. The lowest BCUT2D eigenvalue weighted by Crippen LogP contribution is -2.00. The Kier molecular flexibility index (Phi) is 3.28. The predicted molar refractivity (Wildman–Crippen MR) is 83.7 cm³/mol.